The molecule has 7 heteroatoms. The third-order valence-corrected chi connectivity index (χ3v) is 2.83. The van der Waals surface area contributed by atoms with Gasteiger partial charge in [0.15, 0.2) is 5.78 Å². The predicted octanol–water partition coefficient (Wildman–Crippen LogP) is 4.03. The third-order valence-electron chi connectivity index (χ3n) is 1.81. The van der Waals surface area contributed by atoms with Crippen LogP contribution in [0.5, 0.6) is 0 Å². The van der Waals surface area contributed by atoms with Gasteiger partial charge in [-0.1, -0.05) is 0 Å². The second-order valence-electron chi connectivity index (χ2n) is 2.84. The van der Waals surface area contributed by atoms with Gasteiger partial charge in [0.05, 0.1) is 15.9 Å². The van der Waals surface area contributed by atoms with Crippen molar-refractivity contribution < 1.29 is 22.4 Å². The van der Waals surface area contributed by atoms with Crippen molar-refractivity contribution in [2.75, 3.05) is 5.88 Å². The van der Waals surface area contributed by atoms with Crippen molar-refractivity contribution in [3.63, 3.8) is 0 Å². The summed E-state index contributed by atoms with van der Waals surface area (Å²) in [4.78, 5) is 11.1. The molecule has 1 rings (SSSR count). The van der Waals surface area contributed by atoms with Crippen molar-refractivity contribution in [2.24, 2.45) is 0 Å². The molecule has 16 heavy (non-hydrogen) atoms. The van der Waals surface area contributed by atoms with Crippen LogP contribution in [-0.2, 0) is 6.18 Å². The number of alkyl halides is 4. The predicted molar refractivity (Wildman–Crippen MR) is 54.2 cm³/mol. The minimum atomic E-state index is -4.80. The Balaban J connectivity index is 3.35. The largest absolute Gasteiger partial charge is 0.419 e. The summed E-state index contributed by atoms with van der Waals surface area (Å²) < 4.78 is 49.6. The van der Waals surface area contributed by atoms with E-state index in [-0.39, 0.29) is 5.56 Å². The zero-order valence-corrected chi connectivity index (χ0v) is 9.88. The molecule has 0 heterocycles. The number of carbonyl (C=O) groups excluding carboxylic acids is 1. The molecule has 1 nitrogen and oxygen atoms in total. The number of benzene rings is 1. The van der Waals surface area contributed by atoms with Crippen molar-refractivity contribution >= 4 is 33.3 Å². The van der Waals surface area contributed by atoms with Crippen molar-refractivity contribution in [1.82, 2.24) is 0 Å². The first-order valence-corrected chi connectivity index (χ1v) is 5.26. The lowest BCUT2D eigenvalue weighted by atomic mass is 10.1. The van der Waals surface area contributed by atoms with Crippen LogP contribution in [-0.4, -0.2) is 11.7 Å². The Morgan fingerprint density at radius 2 is 1.94 bits per heavy atom. The molecule has 0 saturated carbocycles. The molecule has 0 unspecified atom stereocenters. The molecule has 0 radical (unpaired) electrons. The van der Waals surface area contributed by atoms with Gasteiger partial charge in [0, 0.05) is 5.56 Å². The molecule has 0 amide bonds. The van der Waals surface area contributed by atoms with Crippen molar-refractivity contribution in [3.8, 4) is 0 Å². The lowest BCUT2D eigenvalue weighted by Gasteiger charge is -2.10. The molecule has 88 valence electrons. The molecule has 0 bridgehead atoms. The number of hydrogen-bond donors (Lipinski definition) is 0. The highest BCUT2D eigenvalue weighted by Gasteiger charge is 2.35. The van der Waals surface area contributed by atoms with Gasteiger partial charge in [0.2, 0.25) is 0 Å². The van der Waals surface area contributed by atoms with Crippen LogP contribution in [0.15, 0.2) is 16.6 Å². The standard InChI is InChI=1S/C9H4BrClF4O/c10-7-4(6(16)3-11)1-2-5(8(7)12)9(13,14)15/h1-2H,3H2. The van der Waals surface area contributed by atoms with Gasteiger partial charge in [-0.05, 0) is 28.1 Å². The van der Waals surface area contributed by atoms with E-state index in [1.807, 2.05) is 0 Å². The summed E-state index contributed by atoms with van der Waals surface area (Å²) in [7, 11) is 0. The van der Waals surface area contributed by atoms with Crippen LogP contribution in [0.25, 0.3) is 0 Å². The average Bonchev–Trinajstić information content (AvgIpc) is 2.19. The monoisotopic (exact) mass is 318 g/mol. The maximum absolute atomic E-state index is 13.3. The van der Waals surface area contributed by atoms with Gasteiger partial charge in [-0.25, -0.2) is 4.39 Å². The zero-order chi connectivity index (χ0) is 12.5. The average molecular weight is 319 g/mol. The minimum Gasteiger partial charge on any atom is -0.293 e. The summed E-state index contributed by atoms with van der Waals surface area (Å²) in [6, 6.07) is 1.40. The first-order valence-electron chi connectivity index (χ1n) is 3.93. The highest BCUT2D eigenvalue weighted by atomic mass is 79.9. The van der Waals surface area contributed by atoms with E-state index >= 15 is 0 Å². The summed E-state index contributed by atoms with van der Waals surface area (Å²) >= 11 is 7.84. The van der Waals surface area contributed by atoms with E-state index in [4.69, 9.17) is 11.6 Å². The SMILES string of the molecule is O=C(CCl)c1ccc(C(F)(F)F)c(F)c1Br. The van der Waals surface area contributed by atoms with Gasteiger partial charge >= 0.3 is 6.18 Å². The number of carbonyl (C=O) groups is 1. The zero-order valence-electron chi connectivity index (χ0n) is 7.54. The van der Waals surface area contributed by atoms with Crippen LogP contribution in [0.2, 0.25) is 0 Å². The number of ketones is 1. The molecule has 0 aliphatic rings. The number of hydrogen-bond acceptors (Lipinski definition) is 1. The van der Waals surface area contributed by atoms with Gasteiger partial charge in [-0.2, -0.15) is 13.2 Å². The van der Waals surface area contributed by atoms with Crippen molar-refractivity contribution in [2.45, 2.75) is 6.18 Å². The normalized spacial score (nSPS) is 11.6. The van der Waals surface area contributed by atoms with Crippen LogP contribution in [0.3, 0.4) is 0 Å². The van der Waals surface area contributed by atoms with E-state index in [2.05, 4.69) is 15.9 Å². The maximum Gasteiger partial charge on any atom is 0.419 e. The Bertz CT molecular complexity index is 430. The lowest BCUT2D eigenvalue weighted by molar-refractivity contribution is -0.140. The fraction of sp³-hybridized carbons (Fsp3) is 0.222. The molecule has 0 spiro atoms. The fourth-order valence-electron chi connectivity index (χ4n) is 1.06. The van der Waals surface area contributed by atoms with E-state index in [1.165, 1.54) is 0 Å². The van der Waals surface area contributed by atoms with Gasteiger partial charge in [0.25, 0.3) is 0 Å². The second-order valence-corrected chi connectivity index (χ2v) is 3.90. The first kappa shape index (κ1) is 13.4. The highest BCUT2D eigenvalue weighted by molar-refractivity contribution is 9.10. The molecule has 0 N–H and O–H groups in total. The van der Waals surface area contributed by atoms with Crippen LogP contribution >= 0.6 is 27.5 Å². The van der Waals surface area contributed by atoms with Crippen LogP contribution in [0.1, 0.15) is 15.9 Å². The molecule has 0 saturated heterocycles. The maximum atomic E-state index is 13.3. The number of halogens is 6. The fourth-order valence-corrected chi connectivity index (χ4v) is 1.77. The Kier molecular flexibility index (Phi) is 3.96. The number of Topliss-reactive ketones (excluding diaryl/α,β-unsaturated/α-hetero) is 1. The van der Waals surface area contributed by atoms with Crippen LogP contribution in [0.4, 0.5) is 17.6 Å². The van der Waals surface area contributed by atoms with E-state index in [0.717, 1.165) is 6.07 Å². The Morgan fingerprint density at radius 3 is 2.38 bits per heavy atom. The lowest BCUT2D eigenvalue weighted by Crippen LogP contribution is -2.11. The molecule has 0 aliphatic carbocycles. The molecular formula is C9H4BrClF4O. The molecule has 1 aromatic rings. The smallest absolute Gasteiger partial charge is 0.293 e. The highest BCUT2D eigenvalue weighted by Crippen LogP contribution is 2.35. The topological polar surface area (TPSA) is 17.1 Å². The molecule has 0 fully saturated rings. The summed E-state index contributed by atoms with van der Waals surface area (Å²) in [5.41, 5.74) is -1.63. The van der Waals surface area contributed by atoms with Gasteiger partial charge in [-0.3, -0.25) is 4.79 Å². The summed E-state index contributed by atoms with van der Waals surface area (Å²) in [6.45, 7) is 0. The van der Waals surface area contributed by atoms with Gasteiger partial charge in [-0.15, -0.1) is 11.6 Å². The Morgan fingerprint density at radius 1 is 1.38 bits per heavy atom. The molecule has 0 atom stereocenters. The summed E-state index contributed by atoms with van der Waals surface area (Å²) in [5.74, 6) is -2.59. The molecule has 0 aromatic heterocycles. The van der Waals surface area contributed by atoms with Crippen molar-refractivity contribution in [1.29, 1.82) is 0 Å². The van der Waals surface area contributed by atoms with Gasteiger partial charge in [0.1, 0.15) is 5.82 Å². The molecular weight excluding hydrogens is 315 g/mol. The Labute approximate surface area is 102 Å². The Hall–Kier alpha value is -0.620. The van der Waals surface area contributed by atoms with Crippen LogP contribution < -0.4 is 0 Å². The van der Waals surface area contributed by atoms with Gasteiger partial charge < -0.3 is 0 Å². The molecule has 1 aromatic carbocycles. The van der Waals surface area contributed by atoms with E-state index in [0.29, 0.717) is 6.07 Å². The summed E-state index contributed by atoms with van der Waals surface area (Å²) in [5, 5.41) is 0. The minimum absolute atomic E-state index is 0.208. The first-order chi connectivity index (χ1) is 7.29. The quantitative estimate of drug-likeness (QED) is 0.457. The van der Waals surface area contributed by atoms with E-state index in [1.54, 1.807) is 0 Å². The van der Waals surface area contributed by atoms with E-state index in [9.17, 15) is 22.4 Å². The van der Waals surface area contributed by atoms with Crippen LogP contribution in [0, 0.1) is 5.82 Å². The van der Waals surface area contributed by atoms with E-state index < -0.39 is 33.7 Å². The molecule has 0 aliphatic heterocycles. The van der Waals surface area contributed by atoms with Crippen molar-refractivity contribution in [3.05, 3.63) is 33.5 Å². The number of rotatable bonds is 2. The second kappa shape index (κ2) is 4.71. The third kappa shape index (κ3) is 2.55. The summed E-state index contributed by atoms with van der Waals surface area (Å²) in [6.07, 6.45) is -4.80.